The smallest absolute Gasteiger partial charge is 0.0948 e. The lowest BCUT2D eigenvalue weighted by atomic mass is 10.4. The van der Waals surface area contributed by atoms with Crippen LogP contribution in [0.2, 0.25) is 0 Å². The molecule has 3 nitrogen and oxygen atoms in total. The van der Waals surface area contributed by atoms with Crippen LogP contribution in [0.3, 0.4) is 0 Å². The Kier molecular flexibility index (Phi) is 5.98. The van der Waals surface area contributed by atoms with E-state index in [9.17, 15) is 0 Å². The van der Waals surface area contributed by atoms with Crippen molar-refractivity contribution in [3.05, 3.63) is 18.2 Å². The fraction of sp³-hybridized carbons (Fsp3) is 0.545. The van der Waals surface area contributed by atoms with Crippen molar-refractivity contribution in [2.45, 2.75) is 20.0 Å². The summed E-state index contributed by atoms with van der Waals surface area (Å²) in [4.78, 5) is 4.11. The first-order valence-corrected chi connectivity index (χ1v) is 6.25. The third-order valence-electron chi connectivity index (χ3n) is 2.05. The molecule has 82 valence electrons. The van der Waals surface area contributed by atoms with E-state index in [2.05, 4.69) is 27.7 Å². The van der Waals surface area contributed by atoms with Crippen LogP contribution in [0.25, 0.3) is 0 Å². The molecule has 4 heteroatoms. The standard InChI is InChI=1S/C11H17N3S/c1-3-6-15-7-5-12-8-11-9-13-10-14(11)4-2/h1,9-10,12H,4-8H2,2H3. The molecule has 1 aromatic heterocycles. The number of hydrogen-bond acceptors (Lipinski definition) is 3. The minimum Gasteiger partial charge on any atom is -0.334 e. The fourth-order valence-electron chi connectivity index (χ4n) is 1.27. The van der Waals surface area contributed by atoms with E-state index >= 15 is 0 Å². The average molecular weight is 223 g/mol. The predicted octanol–water partition coefficient (Wildman–Crippen LogP) is 1.36. The maximum atomic E-state index is 5.16. The molecule has 0 aliphatic heterocycles. The number of hydrogen-bond donors (Lipinski definition) is 1. The van der Waals surface area contributed by atoms with E-state index < -0.39 is 0 Å². The normalized spacial score (nSPS) is 10.1. The Bertz CT molecular complexity index is 314. The van der Waals surface area contributed by atoms with Gasteiger partial charge in [-0.05, 0) is 6.92 Å². The maximum absolute atomic E-state index is 5.16. The lowest BCUT2D eigenvalue weighted by Gasteiger charge is -2.06. The Balaban J connectivity index is 2.12. The van der Waals surface area contributed by atoms with Gasteiger partial charge in [-0.1, -0.05) is 5.92 Å². The zero-order chi connectivity index (χ0) is 10.9. The summed E-state index contributed by atoms with van der Waals surface area (Å²) in [5.41, 5.74) is 1.24. The average Bonchev–Trinajstić information content (AvgIpc) is 2.70. The summed E-state index contributed by atoms with van der Waals surface area (Å²) in [6.45, 7) is 4.96. The van der Waals surface area contributed by atoms with E-state index in [-0.39, 0.29) is 0 Å². The fourth-order valence-corrected chi connectivity index (χ4v) is 1.82. The number of rotatable bonds is 7. The molecule has 0 fully saturated rings. The number of terminal acetylenes is 1. The highest BCUT2D eigenvalue weighted by Gasteiger charge is 1.98. The van der Waals surface area contributed by atoms with Gasteiger partial charge in [-0.3, -0.25) is 0 Å². The molecule has 0 aromatic carbocycles. The Morgan fingerprint density at radius 1 is 1.67 bits per heavy atom. The van der Waals surface area contributed by atoms with Gasteiger partial charge in [-0.2, -0.15) is 0 Å². The molecule has 15 heavy (non-hydrogen) atoms. The molecule has 0 saturated heterocycles. The van der Waals surface area contributed by atoms with Gasteiger partial charge in [0, 0.05) is 31.6 Å². The van der Waals surface area contributed by atoms with Gasteiger partial charge in [-0.25, -0.2) is 4.98 Å². The van der Waals surface area contributed by atoms with Crippen molar-refractivity contribution in [3.63, 3.8) is 0 Å². The van der Waals surface area contributed by atoms with Gasteiger partial charge < -0.3 is 9.88 Å². The van der Waals surface area contributed by atoms with E-state index in [1.165, 1.54) is 5.69 Å². The van der Waals surface area contributed by atoms with Crippen LogP contribution in [-0.2, 0) is 13.1 Å². The Morgan fingerprint density at radius 3 is 3.27 bits per heavy atom. The lowest BCUT2D eigenvalue weighted by molar-refractivity contribution is 0.647. The summed E-state index contributed by atoms with van der Waals surface area (Å²) < 4.78 is 2.14. The van der Waals surface area contributed by atoms with E-state index in [1.54, 1.807) is 11.8 Å². The van der Waals surface area contributed by atoms with Crippen molar-refractivity contribution < 1.29 is 0 Å². The second kappa shape index (κ2) is 7.38. The molecular formula is C11H17N3S. The van der Waals surface area contributed by atoms with Crippen molar-refractivity contribution in [1.29, 1.82) is 0 Å². The molecule has 1 aromatic rings. The molecule has 0 atom stereocenters. The van der Waals surface area contributed by atoms with Crippen LogP contribution < -0.4 is 5.32 Å². The van der Waals surface area contributed by atoms with Gasteiger partial charge in [-0.15, -0.1) is 18.2 Å². The van der Waals surface area contributed by atoms with Gasteiger partial charge in [0.15, 0.2) is 0 Å². The molecule has 0 radical (unpaired) electrons. The third kappa shape index (κ3) is 4.41. The van der Waals surface area contributed by atoms with Crippen molar-refractivity contribution in [3.8, 4) is 12.3 Å². The molecule has 0 aliphatic rings. The van der Waals surface area contributed by atoms with Crippen LogP contribution >= 0.6 is 11.8 Å². The van der Waals surface area contributed by atoms with Crippen LogP contribution in [-0.4, -0.2) is 27.6 Å². The molecule has 0 spiro atoms. The van der Waals surface area contributed by atoms with Gasteiger partial charge in [0.05, 0.1) is 17.8 Å². The minimum atomic E-state index is 0.800. The third-order valence-corrected chi connectivity index (χ3v) is 2.92. The molecule has 1 N–H and O–H groups in total. The zero-order valence-electron chi connectivity index (χ0n) is 9.07. The van der Waals surface area contributed by atoms with Gasteiger partial charge in [0.25, 0.3) is 0 Å². The monoisotopic (exact) mass is 223 g/mol. The molecule has 0 unspecified atom stereocenters. The molecular weight excluding hydrogens is 206 g/mol. The van der Waals surface area contributed by atoms with Crippen molar-refractivity contribution in [1.82, 2.24) is 14.9 Å². The molecule has 0 aliphatic carbocycles. The number of nitrogens with one attached hydrogen (secondary N) is 1. The summed E-state index contributed by atoms with van der Waals surface area (Å²) in [6, 6.07) is 0. The highest BCUT2D eigenvalue weighted by atomic mass is 32.2. The Morgan fingerprint density at radius 2 is 2.53 bits per heavy atom. The second-order valence-electron chi connectivity index (χ2n) is 3.10. The topological polar surface area (TPSA) is 29.9 Å². The first-order chi connectivity index (χ1) is 7.38. The summed E-state index contributed by atoms with van der Waals surface area (Å²) in [5.74, 6) is 4.47. The van der Waals surface area contributed by atoms with Gasteiger partial charge >= 0.3 is 0 Å². The SMILES string of the molecule is C#CCSCCNCc1cncn1CC. The van der Waals surface area contributed by atoms with Crippen LogP contribution in [0.5, 0.6) is 0 Å². The first-order valence-electron chi connectivity index (χ1n) is 5.09. The van der Waals surface area contributed by atoms with Crippen molar-refractivity contribution >= 4 is 11.8 Å². The van der Waals surface area contributed by atoms with E-state index in [4.69, 9.17) is 6.42 Å². The largest absolute Gasteiger partial charge is 0.334 e. The predicted molar refractivity (Wildman–Crippen MR) is 65.8 cm³/mol. The van der Waals surface area contributed by atoms with Gasteiger partial charge in [0.2, 0.25) is 0 Å². The second-order valence-corrected chi connectivity index (χ2v) is 4.21. The Hall–Kier alpha value is -0.920. The summed E-state index contributed by atoms with van der Waals surface area (Å²) in [7, 11) is 0. The molecule has 0 amide bonds. The minimum absolute atomic E-state index is 0.800. The van der Waals surface area contributed by atoms with Crippen LogP contribution in [0.15, 0.2) is 12.5 Å². The first kappa shape index (κ1) is 12.2. The van der Waals surface area contributed by atoms with E-state index in [0.29, 0.717) is 0 Å². The summed E-state index contributed by atoms with van der Waals surface area (Å²) in [5, 5.41) is 3.37. The van der Waals surface area contributed by atoms with Crippen LogP contribution in [0, 0.1) is 12.3 Å². The Labute approximate surface area is 95.7 Å². The highest BCUT2D eigenvalue weighted by molar-refractivity contribution is 7.99. The number of imidazole rings is 1. The van der Waals surface area contributed by atoms with Crippen molar-refractivity contribution in [2.75, 3.05) is 18.1 Å². The summed E-state index contributed by atoms with van der Waals surface area (Å²) in [6.07, 6.45) is 8.93. The van der Waals surface area contributed by atoms with Crippen LogP contribution in [0.1, 0.15) is 12.6 Å². The maximum Gasteiger partial charge on any atom is 0.0948 e. The number of aromatic nitrogens is 2. The lowest BCUT2D eigenvalue weighted by Crippen LogP contribution is -2.18. The molecule has 0 bridgehead atoms. The zero-order valence-corrected chi connectivity index (χ0v) is 9.89. The number of aryl methyl sites for hydroxylation is 1. The van der Waals surface area contributed by atoms with Crippen molar-refractivity contribution in [2.24, 2.45) is 0 Å². The quantitative estimate of drug-likeness (QED) is 0.559. The van der Waals surface area contributed by atoms with Gasteiger partial charge in [0.1, 0.15) is 0 Å². The molecule has 1 heterocycles. The van der Waals surface area contributed by atoms with E-state index in [1.807, 2.05) is 12.5 Å². The van der Waals surface area contributed by atoms with E-state index in [0.717, 1.165) is 31.1 Å². The number of thioether (sulfide) groups is 1. The number of nitrogens with zero attached hydrogens (tertiary/aromatic N) is 2. The highest BCUT2D eigenvalue weighted by Crippen LogP contribution is 1.99. The van der Waals surface area contributed by atoms with Crippen LogP contribution in [0.4, 0.5) is 0 Å². The summed E-state index contributed by atoms with van der Waals surface area (Å²) >= 11 is 1.78. The molecule has 0 saturated carbocycles. The molecule has 1 rings (SSSR count).